The maximum atomic E-state index is 11.2. The van der Waals surface area contributed by atoms with Crippen LogP contribution in [0.2, 0.25) is 0 Å². The molecule has 0 spiro atoms. The molecule has 2 unspecified atom stereocenters. The fraction of sp³-hybridized carbons (Fsp3) is 0.615. The molecule has 104 valence electrons. The van der Waals surface area contributed by atoms with Gasteiger partial charge < -0.3 is 15.2 Å². The molecule has 0 radical (unpaired) electrons. The summed E-state index contributed by atoms with van der Waals surface area (Å²) in [4.78, 5) is 19.4. The largest absolute Gasteiger partial charge is 0.481 e. The molecule has 1 aliphatic carbocycles. The molecule has 0 aliphatic heterocycles. The summed E-state index contributed by atoms with van der Waals surface area (Å²) in [6.07, 6.45) is 6.96. The van der Waals surface area contributed by atoms with Crippen molar-refractivity contribution >= 4 is 11.8 Å². The lowest BCUT2D eigenvalue weighted by Gasteiger charge is -2.28. The number of aliphatic carboxylic acids is 1. The standard InChI is InChI=1S/C13H19N3O3/c1-19-12-8-14-7-11(16-12)15-6-9-4-2-3-5-10(9)13(17)18/h7-10H,2-6H2,1H3,(H,15,16)(H,17,18). The molecule has 2 atom stereocenters. The quantitative estimate of drug-likeness (QED) is 0.844. The number of nitrogens with zero attached hydrogens (tertiary/aromatic N) is 2. The van der Waals surface area contributed by atoms with Gasteiger partial charge in [-0.3, -0.25) is 9.78 Å². The van der Waals surface area contributed by atoms with Crippen LogP contribution < -0.4 is 10.1 Å². The van der Waals surface area contributed by atoms with Gasteiger partial charge in [0.2, 0.25) is 5.88 Å². The third-order valence-electron chi connectivity index (χ3n) is 3.59. The number of anilines is 1. The second kappa shape index (κ2) is 6.36. The fourth-order valence-electron chi connectivity index (χ4n) is 2.54. The van der Waals surface area contributed by atoms with Crippen LogP contribution in [0.5, 0.6) is 5.88 Å². The van der Waals surface area contributed by atoms with Gasteiger partial charge in [-0.1, -0.05) is 12.8 Å². The summed E-state index contributed by atoms with van der Waals surface area (Å²) in [5, 5.41) is 12.4. The predicted molar refractivity (Wildman–Crippen MR) is 70.2 cm³/mol. The molecule has 19 heavy (non-hydrogen) atoms. The fourth-order valence-corrected chi connectivity index (χ4v) is 2.54. The number of hydrogen-bond donors (Lipinski definition) is 2. The normalized spacial score (nSPS) is 22.8. The monoisotopic (exact) mass is 265 g/mol. The number of nitrogens with one attached hydrogen (secondary N) is 1. The van der Waals surface area contributed by atoms with Crippen molar-refractivity contribution in [1.29, 1.82) is 0 Å². The first-order valence-electron chi connectivity index (χ1n) is 6.53. The van der Waals surface area contributed by atoms with Crippen molar-refractivity contribution in [3.63, 3.8) is 0 Å². The molecule has 1 aliphatic rings. The summed E-state index contributed by atoms with van der Waals surface area (Å²) in [6, 6.07) is 0. The number of carboxylic acid groups (broad SMARTS) is 1. The maximum absolute atomic E-state index is 11.2. The minimum Gasteiger partial charge on any atom is -0.481 e. The van der Waals surface area contributed by atoms with Gasteiger partial charge in [0.15, 0.2) is 0 Å². The van der Waals surface area contributed by atoms with Crippen molar-refractivity contribution in [3.05, 3.63) is 12.4 Å². The van der Waals surface area contributed by atoms with Crippen LogP contribution in [0.15, 0.2) is 12.4 Å². The lowest BCUT2D eigenvalue weighted by molar-refractivity contribution is -0.144. The number of ether oxygens (including phenoxy) is 1. The highest BCUT2D eigenvalue weighted by Gasteiger charge is 2.30. The third-order valence-corrected chi connectivity index (χ3v) is 3.59. The smallest absolute Gasteiger partial charge is 0.306 e. The Bertz CT molecular complexity index is 439. The highest BCUT2D eigenvalue weighted by molar-refractivity contribution is 5.70. The van der Waals surface area contributed by atoms with Crippen LogP contribution in [-0.2, 0) is 4.79 Å². The molecular weight excluding hydrogens is 246 g/mol. The highest BCUT2D eigenvalue weighted by atomic mass is 16.5. The molecular formula is C13H19N3O3. The molecule has 1 heterocycles. The van der Waals surface area contributed by atoms with E-state index in [1.807, 2.05) is 0 Å². The topological polar surface area (TPSA) is 84.3 Å². The predicted octanol–water partition coefficient (Wildman–Crippen LogP) is 1.79. The Morgan fingerprint density at radius 1 is 1.47 bits per heavy atom. The van der Waals surface area contributed by atoms with Crippen LogP contribution in [-0.4, -0.2) is 34.7 Å². The average molecular weight is 265 g/mol. The minimum atomic E-state index is -0.691. The second-order valence-corrected chi connectivity index (χ2v) is 4.82. The van der Waals surface area contributed by atoms with Gasteiger partial charge in [-0.2, -0.15) is 4.98 Å². The van der Waals surface area contributed by atoms with Crippen molar-refractivity contribution < 1.29 is 14.6 Å². The Hall–Kier alpha value is -1.85. The van der Waals surface area contributed by atoms with Crippen molar-refractivity contribution in [2.45, 2.75) is 25.7 Å². The highest BCUT2D eigenvalue weighted by Crippen LogP contribution is 2.30. The Morgan fingerprint density at radius 2 is 2.26 bits per heavy atom. The Morgan fingerprint density at radius 3 is 3.00 bits per heavy atom. The van der Waals surface area contributed by atoms with Gasteiger partial charge in [0.1, 0.15) is 5.82 Å². The van der Waals surface area contributed by atoms with E-state index in [0.717, 1.165) is 25.7 Å². The summed E-state index contributed by atoms with van der Waals surface area (Å²) >= 11 is 0. The number of rotatable bonds is 5. The third kappa shape index (κ3) is 3.56. The summed E-state index contributed by atoms with van der Waals surface area (Å²) in [5.74, 6) is 0.278. The van der Waals surface area contributed by atoms with Crippen molar-refractivity contribution in [1.82, 2.24) is 9.97 Å². The van der Waals surface area contributed by atoms with Crippen molar-refractivity contribution in [3.8, 4) is 5.88 Å². The number of aromatic nitrogens is 2. The first kappa shape index (κ1) is 13.6. The summed E-state index contributed by atoms with van der Waals surface area (Å²) < 4.78 is 5.00. The zero-order chi connectivity index (χ0) is 13.7. The SMILES string of the molecule is COc1cncc(NCC2CCCCC2C(=O)O)n1. The van der Waals surface area contributed by atoms with Gasteiger partial charge in [0.25, 0.3) is 0 Å². The minimum absolute atomic E-state index is 0.152. The van der Waals surface area contributed by atoms with Crippen molar-refractivity contribution in [2.24, 2.45) is 11.8 Å². The van der Waals surface area contributed by atoms with E-state index in [1.165, 1.54) is 13.3 Å². The molecule has 2 rings (SSSR count). The van der Waals surface area contributed by atoms with Gasteiger partial charge in [-0.25, -0.2) is 0 Å². The van der Waals surface area contributed by atoms with E-state index in [0.29, 0.717) is 18.2 Å². The van der Waals surface area contributed by atoms with E-state index in [4.69, 9.17) is 4.74 Å². The molecule has 2 N–H and O–H groups in total. The van der Waals surface area contributed by atoms with Crippen LogP contribution in [0.4, 0.5) is 5.82 Å². The first-order chi connectivity index (χ1) is 9.20. The molecule has 1 saturated carbocycles. The summed E-state index contributed by atoms with van der Waals surface area (Å²) in [7, 11) is 1.54. The summed E-state index contributed by atoms with van der Waals surface area (Å²) in [5.41, 5.74) is 0. The molecule has 0 aromatic carbocycles. The zero-order valence-electron chi connectivity index (χ0n) is 11.0. The van der Waals surface area contributed by atoms with E-state index in [9.17, 15) is 9.90 Å². The lowest BCUT2D eigenvalue weighted by Crippen LogP contribution is -2.31. The molecule has 6 nitrogen and oxygen atoms in total. The number of methoxy groups -OCH3 is 1. The van der Waals surface area contributed by atoms with E-state index >= 15 is 0 Å². The van der Waals surface area contributed by atoms with Crippen LogP contribution in [0, 0.1) is 11.8 Å². The molecule has 0 amide bonds. The van der Waals surface area contributed by atoms with E-state index < -0.39 is 5.97 Å². The van der Waals surface area contributed by atoms with Gasteiger partial charge in [-0.05, 0) is 18.8 Å². The molecule has 6 heteroatoms. The second-order valence-electron chi connectivity index (χ2n) is 4.82. The van der Waals surface area contributed by atoms with Crippen LogP contribution >= 0.6 is 0 Å². The Kier molecular flexibility index (Phi) is 4.54. The number of carbonyl (C=O) groups is 1. The van der Waals surface area contributed by atoms with E-state index in [1.54, 1.807) is 6.20 Å². The van der Waals surface area contributed by atoms with Crippen LogP contribution in [0.25, 0.3) is 0 Å². The molecule has 1 fully saturated rings. The van der Waals surface area contributed by atoms with E-state index in [2.05, 4.69) is 15.3 Å². The van der Waals surface area contributed by atoms with E-state index in [-0.39, 0.29) is 11.8 Å². The van der Waals surface area contributed by atoms with Gasteiger partial charge in [0, 0.05) is 6.54 Å². The van der Waals surface area contributed by atoms with Gasteiger partial charge in [-0.15, -0.1) is 0 Å². The molecule has 0 saturated heterocycles. The number of carboxylic acids is 1. The molecule has 1 aromatic heterocycles. The van der Waals surface area contributed by atoms with Gasteiger partial charge >= 0.3 is 5.97 Å². The lowest BCUT2D eigenvalue weighted by atomic mass is 9.79. The number of hydrogen-bond acceptors (Lipinski definition) is 5. The molecule has 1 aromatic rings. The Balaban J connectivity index is 1.94. The zero-order valence-corrected chi connectivity index (χ0v) is 11.0. The van der Waals surface area contributed by atoms with Crippen LogP contribution in [0.3, 0.4) is 0 Å². The van der Waals surface area contributed by atoms with Gasteiger partial charge in [0.05, 0.1) is 25.4 Å². The van der Waals surface area contributed by atoms with Crippen LogP contribution in [0.1, 0.15) is 25.7 Å². The van der Waals surface area contributed by atoms with Crippen molar-refractivity contribution in [2.75, 3.05) is 19.0 Å². The molecule has 0 bridgehead atoms. The maximum Gasteiger partial charge on any atom is 0.306 e. The first-order valence-corrected chi connectivity index (χ1v) is 6.53. The Labute approximate surface area is 112 Å². The average Bonchev–Trinajstić information content (AvgIpc) is 2.45. The summed E-state index contributed by atoms with van der Waals surface area (Å²) in [6.45, 7) is 0.610.